The molecule has 17 nitrogen and oxygen atoms in total. The van der Waals surface area contributed by atoms with Gasteiger partial charge in [-0.3, -0.25) is 14.4 Å². The second-order valence-electron chi connectivity index (χ2n) is 15.6. The molecule has 3 heterocycles. The minimum Gasteiger partial charge on any atom is -0.497 e. The lowest BCUT2D eigenvalue weighted by molar-refractivity contribution is -0.143. The molecular formula is C36H47N9O8S. The number of rotatable bonds is 11. The van der Waals surface area contributed by atoms with Crippen LogP contribution in [0.5, 0.6) is 5.75 Å². The largest absolute Gasteiger partial charge is 0.497 e. The fourth-order valence-electron chi connectivity index (χ4n) is 6.16. The summed E-state index contributed by atoms with van der Waals surface area (Å²) in [5.74, 6) is -1.95. The summed E-state index contributed by atoms with van der Waals surface area (Å²) in [5, 5.41) is 18.0. The molecule has 1 aromatic carbocycles. The lowest BCUT2D eigenvalue weighted by Gasteiger charge is -2.36. The number of likely N-dealkylation sites (tertiary alicyclic amines) is 1. The normalized spacial score (nSPS) is 21.8. The Morgan fingerprint density at radius 1 is 1.06 bits per heavy atom. The molecule has 1 aliphatic heterocycles. The summed E-state index contributed by atoms with van der Waals surface area (Å²) >= 11 is 0. The van der Waals surface area contributed by atoms with Crippen LogP contribution in [-0.4, -0.2) is 99.2 Å². The van der Waals surface area contributed by atoms with Crippen LogP contribution in [0.15, 0.2) is 60.3 Å². The Balaban J connectivity index is 1.45. The lowest BCUT2D eigenvalue weighted by Crippen LogP contribution is -2.60. The van der Waals surface area contributed by atoms with Gasteiger partial charge < -0.3 is 25.0 Å². The highest BCUT2D eigenvalue weighted by molar-refractivity contribution is 7.90. The predicted molar refractivity (Wildman–Crippen MR) is 195 cm³/mol. The number of ether oxygens (including phenoxy) is 2. The lowest BCUT2D eigenvalue weighted by atomic mass is 9.85. The smallest absolute Gasteiger partial charge is 0.408 e. The number of hydrogen-bond acceptors (Lipinski definition) is 12. The van der Waals surface area contributed by atoms with E-state index in [0.29, 0.717) is 17.1 Å². The number of sulfonamides is 1. The molecule has 5 atom stereocenters. The van der Waals surface area contributed by atoms with Gasteiger partial charge in [-0.05, 0) is 80.6 Å². The van der Waals surface area contributed by atoms with Crippen LogP contribution < -0.4 is 20.1 Å². The molecular weight excluding hydrogens is 719 g/mol. The molecule has 2 aliphatic rings. The zero-order valence-electron chi connectivity index (χ0n) is 31.6. The number of carbonyl (C=O) groups is 4. The molecule has 1 saturated heterocycles. The van der Waals surface area contributed by atoms with E-state index in [4.69, 9.17) is 9.47 Å². The number of hydrogen-bond donors (Lipinski definition) is 3. The molecule has 0 unspecified atom stereocenters. The maximum Gasteiger partial charge on any atom is 0.408 e. The van der Waals surface area contributed by atoms with Gasteiger partial charge >= 0.3 is 6.09 Å². The highest BCUT2D eigenvalue weighted by atomic mass is 32.2. The summed E-state index contributed by atoms with van der Waals surface area (Å²) in [6.45, 7) is 15.8. The number of alkyl carbamates (subject to hydrolysis) is 1. The van der Waals surface area contributed by atoms with Crippen LogP contribution in [0, 0.1) is 18.3 Å². The van der Waals surface area contributed by atoms with Gasteiger partial charge in [0.15, 0.2) is 5.03 Å². The highest BCUT2D eigenvalue weighted by Gasteiger charge is 2.61. The Labute approximate surface area is 314 Å². The van der Waals surface area contributed by atoms with E-state index in [0.717, 1.165) is 5.56 Å². The Hall–Kier alpha value is -5.39. The van der Waals surface area contributed by atoms with Crippen molar-refractivity contribution >= 4 is 33.8 Å². The van der Waals surface area contributed by atoms with Crippen molar-refractivity contribution in [2.45, 2.75) is 95.6 Å². The first-order valence-corrected chi connectivity index (χ1v) is 18.8. The van der Waals surface area contributed by atoms with E-state index in [1.54, 1.807) is 85.9 Å². The predicted octanol–water partition coefficient (Wildman–Crippen LogP) is 2.70. The van der Waals surface area contributed by atoms with Crippen molar-refractivity contribution in [1.29, 1.82) is 0 Å². The zero-order chi connectivity index (χ0) is 39.8. The van der Waals surface area contributed by atoms with Gasteiger partial charge in [0.25, 0.3) is 15.9 Å². The molecule has 2 fully saturated rings. The molecule has 18 heteroatoms. The van der Waals surface area contributed by atoms with Gasteiger partial charge in [-0.25, -0.2) is 14.5 Å². The molecule has 4 amide bonds. The third kappa shape index (κ3) is 8.69. The molecule has 290 valence electrons. The summed E-state index contributed by atoms with van der Waals surface area (Å²) in [7, 11) is -2.85. The monoisotopic (exact) mass is 765 g/mol. The average molecular weight is 766 g/mol. The van der Waals surface area contributed by atoms with E-state index in [1.807, 2.05) is 0 Å². The maximum absolute atomic E-state index is 14.5. The zero-order valence-corrected chi connectivity index (χ0v) is 32.4. The summed E-state index contributed by atoms with van der Waals surface area (Å²) in [6.07, 6.45) is 2.06. The van der Waals surface area contributed by atoms with E-state index in [1.165, 1.54) is 28.0 Å². The number of nitrogens with one attached hydrogen (secondary N) is 3. The van der Waals surface area contributed by atoms with Crippen LogP contribution in [0.4, 0.5) is 4.79 Å². The van der Waals surface area contributed by atoms with E-state index in [2.05, 4.69) is 42.3 Å². The molecule has 5 rings (SSSR count). The summed E-state index contributed by atoms with van der Waals surface area (Å²) in [6, 6.07) is 6.84. The second-order valence-corrected chi connectivity index (χ2v) is 17.2. The number of benzene rings is 1. The number of aromatic nitrogens is 5. The summed E-state index contributed by atoms with van der Waals surface area (Å²) in [5.41, 5.74) is -1.98. The molecule has 1 saturated carbocycles. The Morgan fingerprint density at radius 2 is 1.74 bits per heavy atom. The van der Waals surface area contributed by atoms with Crippen molar-refractivity contribution < 1.29 is 37.1 Å². The molecule has 0 bridgehead atoms. The average Bonchev–Trinajstić information content (AvgIpc) is 3.39. The number of amides is 4. The fourth-order valence-corrected chi connectivity index (χ4v) is 7.13. The second kappa shape index (κ2) is 14.8. The van der Waals surface area contributed by atoms with Gasteiger partial charge in [0.1, 0.15) is 29.0 Å². The number of carbonyl (C=O) groups excluding carboxylic acids is 4. The van der Waals surface area contributed by atoms with E-state index in [9.17, 15) is 27.6 Å². The van der Waals surface area contributed by atoms with Gasteiger partial charge in [0, 0.05) is 30.6 Å². The van der Waals surface area contributed by atoms with Crippen molar-refractivity contribution in [2.24, 2.45) is 11.3 Å². The molecule has 3 N–H and O–H groups in total. The number of tetrazole rings is 1. The molecule has 54 heavy (non-hydrogen) atoms. The number of methoxy groups -OCH3 is 1. The molecule has 2 aromatic heterocycles. The van der Waals surface area contributed by atoms with E-state index in [-0.39, 0.29) is 24.4 Å². The van der Waals surface area contributed by atoms with Gasteiger partial charge in [0.05, 0.1) is 13.2 Å². The minimum atomic E-state index is -4.40. The van der Waals surface area contributed by atoms with Crippen LogP contribution in [0.3, 0.4) is 0 Å². The molecule has 1 aliphatic carbocycles. The highest BCUT2D eigenvalue weighted by Crippen LogP contribution is 2.45. The third-order valence-electron chi connectivity index (χ3n) is 9.18. The quantitative estimate of drug-likeness (QED) is 0.240. The van der Waals surface area contributed by atoms with Gasteiger partial charge in [-0.2, -0.15) is 13.2 Å². The Bertz CT molecular complexity index is 2020. The van der Waals surface area contributed by atoms with Gasteiger partial charge in [-0.1, -0.05) is 32.9 Å². The van der Waals surface area contributed by atoms with Crippen LogP contribution in [0.2, 0.25) is 0 Å². The van der Waals surface area contributed by atoms with Crippen molar-refractivity contribution in [3.8, 4) is 17.1 Å². The number of aryl methyl sites for hydroxylation is 1. The van der Waals surface area contributed by atoms with Crippen molar-refractivity contribution in [3.05, 3.63) is 60.8 Å². The standard InChI is InChI=1S/C36H47N9O8S/c1-10-23-18-36(23,32(48)42-54(50,51)27-16-11-21(2)19-37-27)39-30(46)26-17-24(45-41-29(40-43-45)22-12-14-25(52-9)15-13-22)20-44(26)31(47)28(34(3,4)5)38-33(49)53-35(6,7)8/h10-16,19,23-24,26,28H,1,17-18,20H2,2-9H3,(H,38,49)(H,39,46)(H,42,48)/t23-,24-,26+,28-,36-/m1/s1. The van der Waals surface area contributed by atoms with Gasteiger partial charge in [-0.15, -0.1) is 16.8 Å². The topological polar surface area (TPSA) is 217 Å². The van der Waals surface area contributed by atoms with Crippen LogP contribution in [-0.2, 0) is 29.1 Å². The molecule has 3 aromatic rings. The van der Waals surface area contributed by atoms with Crippen LogP contribution in [0.1, 0.15) is 66.0 Å². The van der Waals surface area contributed by atoms with Crippen LogP contribution >= 0.6 is 0 Å². The van der Waals surface area contributed by atoms with Gasteiger partial charge in [0.2, 0.25) is 17.6 Å². The SMILES string of the molecule is C=C[C@@H]1C[C@]1(NC(=O)[C@@H]1C[C@@H](n2nnc(-c3ccc(OC)cc3)n2)CN1C(=O)[C@@H](NC(=O)OC(C)(C)C)C(C)(C)C)C(=O)NS(=O)(=O)c1ccc(C)cn1. The van der Waals surface area contributed by atoms with E-state index < -0.39 is 74.4 Å². The van der Waals surface area contributed by atoms with E-state index >= 15 is 0 Å². The molecule has 0 spiro atoms. The molecule has 0 radical (unpaired) electrons. The number of pyridine rings is 1. The first-order chi connectivity index (χ1) is 25.2. The third-order valence-corrected chi connectivity index (χ3v) is 10.4. The van der Waals surface area contributed by atoms with Crippen molar-refractivity contribution in [2.75, 3.05) is 13.7 Å². The first kappa shape index (κ1) is 39.8. The van der Waals surface area contributed by atoms with Crippen molar-refractivity contribution in [3.63, 3.8) is 0 Å². The number of nitrogens with zero attached hydrogens (tertiary/aromatic N) is 6. The summed E-state index contributed by atoms with van der Waals surface area (Å²) < 4.78 is 39.0. The minimum absolute atomic E-state index is 0.00132. The Kier molecular flexibility index (Phi) is 10.9. The summed E-state index contributed by atoms with van der Waals surface area (Å²) in [4.78, 5) is 62.0. The first-order valence-electron chi connectivity index (χ1n) is 17.4. The Morgan fingerprint density at radius 3 is 2.30 bits per heavy atom. The fraction of sp³-hybridized carbons (Fsp3) is 0.500. The maximum atomic E-state index is 14.5. The van der Waals surface area contributed by atoms with Crippen LogP contribution in [0.25, 0.3) is 11.4 Å². The van der Waals surface area contributed by atoms with Crippen molar-refractivity contribution in [1.82, 2.24) is 45.4 Å².